The highest BCUT2D eigenvalue weighted by Gasteiger charge is 2.30. The van der Waals surface area contributed by atoms with Crippen molar-refractivity contribution in [2.45, 2.75) is 56.3 Å². The average molecular weight is 570 g/mol. The van der Waals surface area contributed by atoms with Gasteiger partial charge in [-0.25, -0.2) is 4.79 Å². The first-order valence-corrected chi connectivity index (χ1v) is 12.5. The lowest BCUT2D eigenvalue weighted by Crippen LogP contribution is -2.58. The lowest BCUT2D eigenvalue weighted by molar-refractivity contribution is -0.143. The highest BCUT2D eigenvalue weighted by Crippen LogP contribution is 2.12. The van der Waals surface area contributed by atoms with Crippen LogP contribution in [-0.4, -0.2) is 87.4 Å². The molecule has 39 heavy (non-hydrogen) atoms. The number of carbonyl (C=O) groups is 5. The average Bonchev–Trinajstić information content (AvgIpc) is 2.87. The van der Waals surface area contributed by atoms with Crippen LogP contribution in [0.2, 0.25) is 0 Å². The zero-order valence-corrected chi connectivity index (χ0v) is 22.0. The molecule has 4 unspecified atom stereocenters. The predicted molar refractivity (Wildman–Crippen MR) is 144 cm³/mol. The molecule has 0 heterocycles. The maximum absolute atomic E-state index is 13.1. The number of nitrogens with zero attached hydrogens (tertiary/aromatic N) is 1. The molecular formula is C23H35N7O8S. The molecule has 4 atom stereocenters. The van der Waals surface area contributed by atoms with Gasteiger partial charge in [-0.1, -0.05) is 12.1 Å². The Labute approximate surface area is 230 Å². The minimum Gasteiger partial charge on any atom is -0.508 e. The summed E-state index contributed by atoms with van der Waals surface area (Å²) >= 11 is 4.05. The van der Waals surface area contributed by atoms with E-state index < -0.39 is 60.2 Å². The molecular weight excluding hydrogens is 534 g/mol. The van der Waals surface area contributed by atoms with Gasteiger partial charge in [0.1, 0.15) is 23.9 Å². The van der Waals surface area contributed by atoms with E-state index in [0.717, 1.165) is 0 Å². The molecule has 16 heteroatoms. The van der Waals surface area contributed by atoms with E-state index in [4.69, 9.17) is 22.3 Å². The number of thiol groups is 1. The standard InChI is InChI=1S/C23H35N7O8S/c24-14(2-1-9-27-23(25)26)19(34)29-16(10-12-3-5-13(31)6-4-12)20(35)30-17(11-39)21(36)28-15(22(37)38)7-8-18(32)33/h3-6,14-17,31,39H,1-2,7-11,24H2,(H,28,36)(H,29,34)(H,30,35)(H,32,33)(H,37,38)(H4,25,26,27). The van der Waals surface area contributed by atoms with Gasteiger partial charge in [0.05, 0.1) is 6.04 Å². The summed E-state index contributed by atoms with van der Waals surface area (Å²) in [5, 5.41) is 34.8. The smallest absolute Gasteiger partial charge is 0.326 e. The van der Waals surface area contributed by atoms with E-state index in [1.54, 1.807) is 12.1 Å². The number of hydrogen-bond donors (Lipinski definition) is 10. The fraction of sp³-hybridized carbons (Fsp3) is 0.478. The van der Waals surface area contributed by atoms with Crippen molar-refractivity contribution in [3.05, 3.63) is 29.8 Å². The number of amides is 3. The van der Waals surface area contributed by atoms with Gasteiger partial charge >= 0.3 is 11.9 Å². The molecule has 3 amide bonds. The van der Waals surface area contributed by atoms with Gasteiger partial charge in [-0.2, -0.15) is 12.6 Å². The summed E-state index contributed by atoms with van der Waals surface area (Å²) in [5.74, 6) is -5.35. The lowest BCUT2D eigenvalue weighted by Gasteiger charge is -2.24. The molecule has 0 spiro atoms. The summed E-state index contributed by atoms with van der Waals surface area (Å²) in [5.41, 5.74) is 17.0. The number of benzene rings is 1. The Bertz CT molecular complexity index is 1030. The second-order valence-electron chi connectivity index (χ2n) is 8.56. The van der Waals surface area contributed by atoms with E-state index in [0.29, 0.717) is 12.0 Å². The Hall–Kier alpha value is -4.05. The van der Waals surface area contributed by atoms with Crippen molar-refractivity contribution in [1.29, 1.82) is 0 Å². The van der Waals surface area contributed by atoms with E-state index in [1.807, 2.05) is 0 Å². The maximum atomic E-state index is 13.1. The first-order valence-electron chi connectivity index (χ1n) is 11.9. The van der Waals surface area contributed by atoms with E-state index in [1.165, 1.54) is 12.1 Å². The zero-order valence-electron chi connectivity index (χ0n) is 21.1. The Balaban J connectivity index is 2.97. The fourth-order valence-corrected chi connectivity index (χ4v) is 3.53. The van der Waals surface area contributed by atoms with Gasteiger partial charge in [-0.15, -0.1) is 0 Å². The SMILES string of the molecule is NC(N)=NCCCC(N)C(=O)NC(Cc1ccc(O)cc1)C(=O)NC(CS)C(=O)NC(CCC(=O)O)C(=O)O. The van der Waals surface area contributed by atoms with Crippen molar-refractivity contribution in [3.63, 3.8) is 0 Å². The Morgan fingerprint density at radius 1 is 0.872 bits per heavy atom. The van der Waals surface area contributed by atoms with Crippen LogP contribution < -0.4 is 33.2 Å². The molecule has 0 aliphatic rings. The molecule has 1 aromatic carbocycles. The van der Waals surface area contributed by atoms with E-state index in [2.05, 4.69) is 33.6 Å². The largest absolute Gasteiger partial charge is 0.508 e. The van der Waals surface area contributed by atoms with Crippen molar-refractivity contribution < 1.29 is 39.3 Å². The molecule has 1 aromatic rings. The molecule has 0 bridgehead atoms. The normalized spacial score (nSPS) is 13.7. The van der Waals surface area contributed by atoms with Gasteiger partial charge in [0, 0.05) is 25.1 Å². The number of hydrogen-bond acceptors (Lipinski definition) is 9. The van der Waals surface area contributed by atoms with Crippen molar-refractivity contribution >= 4 is 48.2 Å². The number of rotatable bonds is 17. The third-order valence-corrected chi connectivity index (χ3v) is 5.76. The molecule has 0 aliphatic heterocycles. The molecule has 12 N–H and O–H groups in total. The molecule has 0 saturated carbocycles. The van der Waals surface area contributed by atoms with Crippen LogP contribution in [0.25, 0.3) is 0 Å². The third-order valence-electron chi connectivity index (χ3n) is 5.39. The first-order chi connectivity index (χ1) is 18.3. The van der Waals surface area contributed by atoms with Crippen LogP contribution >= 0.6 is 12.6 Å². The number of phenolic OH excluding ortho intramolecular Hbond substituents is 1. The van der Waals surface area contributed by atoms with Gasteiger partial charge in [-0.05, 0) is 37.0 Å². The van der Waals surface area contributed by atoms with Crippen LogP contribution in [0.5, 0.6) is 5.75 Å². The summed E-state index contributed by atoms with van der Waals surface area (Å²) < 4.78 is 0. The quantitative estimate of drug-likeness (QED) is 0.0410. The molecule has 216 valence electrons. The summed E-state index contributed by atoms with van der Waals surface area (Å²) in [4.78, 5) is 64.5. The van der Waals surface area contributed by atoms with Crippen LogP contribution in [0.15, 0.2) is 29.3 Å². The monoisotopic (exact) mass is 569 g/mol. The van der Waals surface area contributed by atoms with Crippen molar-refractivity contribution in [3.8, 4) is 5.75 Å². The highest BCUT2D eigenvalue weighted by atomic mass is 32.1. The summed E-state index contributed by atoms with van der Waals surface area (Å²) in [6.45, 7) is 0.253. The van der Waals surface area contributed by atoms with Gasteiger partial charge in [0.15, 0.2) is 5.96 Å². The first kappa shape index (κ1) is 33.0. The Morgan fingerprint density at radius 3 is 1.97 bits per heavy atom. The maximum Gasteiger partial charge on any atom is 0.326 e. The number of nitrogens with two attached hydrogens (primary N) is 3. The number of phenols is 1. The Kier molecular flexibility index (Phi) is 14.1. The van der Waals surface area contributed by atoms with Crippen LogP contribution in [0.3, 0.4) is 0 Å². The Morgan fingerprint density at radius 2 is 1.44 bits per heavy atom. The fourth-order valence-electron chi connectivity index (χ4n) is 3.27. The third kappa shape index (κ3) is 12.8. The summed E-state index contributed by atoms with van der Waals surface area (Å²) in [7, 11) is 0. The number of aromatic hydroxyl groups is 1. The summed E-state index contributed by atoms with van der Waals surface area (Å²) in [6, 6.07) is 0.868. The second-order valence-corrected chi connectivity index (χ2v) is 8.93. The van der Waals surface area contributed by atoms with Gasteiger partial charge in [-0.3, -0.25) is 24.2 Å². The molecule has 15 nitrogen and oxygen atoms in total. The number of carboxylic acid groups (broad SMARTS) is 2. The molecule has 0 radical (unpaired) electrons. The van der Waals surface area contributed by atoms with Gasteiger partial charge in [0.2, 0.25) is 17.7 Å². The number of aliphatic carboxylic acids is 2. The zero-order chi connectivity index (χ0) is 29.5. The topological polar surface area (TPSA) is 273 Å². The summed E-state index contributed by atoms with van der Waals surface area (Å²) in [6.07, 6.45) is -0.289. The van der Waals surface area contributed by atoms with Crippen molar-refractivity contribution in [1.82, 2.24) is 16.0 Å². The van der Waals surface area contributed by atoms with E-state index >= 15 is 0 Å². The highest BCUT2D eigenvalue weighted by molar-refractivity contribution is 7.80. The van der Waals surface area contributed by atoms with Crippen molar-refractivity contribution in [2.24, 2.45) is 22.2 Å². The predicted octanol–water partition coefficient (Wildman–Crippen LogP) is -2.35. The molecule has 1 rings (SSSR count). The molecule has 0 fully saturated rings. The van der Waals surface area contributed by atoms with Gasteiger partial charge in [0.25, 0.3) is 0 Å². The van der Waals surface area contributed by atoms with E-state index in [-0.39, 0.29) is 43.3 Å². The van der Waals surface area contributed by atoms with E-state index in [9.17, 15) is 34.2 Å². The number of carboxylic acids is 2. The lowest BCUT2D eigenvalue weighted by atomic mass is 10.0. The second kappa shape index (κ2) is 16.7. The molecule has 0 aliphatic carbocycles. The van der Waals surface area contributed by atoms with Gasteiger partial charge < -0.3 is 48.5 Å². The van der Waals surface area contributed by atoms with Crippen LogP contribution in [0.1, 0.15) is 31.2 Å². The number of nitrogens with one attached hydrogen (secondary N) is 3. The van der Waals surface area contributed by atoms with Crippen molar-refractivity contribution in [2.75, 3.05) is 12.3 Å². The number of guanidine groups is 1. The number of carbonyl (C=O) groups excluding carboxylic acids is 3. The minimum absolute atomic E-state index is 0.00530. The molecule has 0 aromatic heterocycles. The van der Waals surface area contributed by atoms with Crippen LogP contribution in [0, 0.1) is 0 Å². The van der Waals surface area contributed by atoms with Crippen LogP contribution in [-0.2, 0) is 30.4 Å². The number of aliphatic imine (C=N–C) groups is 1. The van der Waals surface area contributed by atoms with Crippen LogP contribution in [0.4, 0.5) is 0 Å². The molecule has 0 saturated heterocycles. The minimum atomic E-state index is -1.50.